The van der Waals surface area contributed by atoms with Gasteiger partial charge < -0.3 is 39.1 Å². The van der Waals surface area contributed by atoms with Gasteiger partial charge in [-0.3, -0.25) is 4.79 Å². The Hall–Kier alpha value is -3.64. The van der Waals surface area contributed by atoms with Crippen molar-refractivity contribution in [3.05, 3.63) is 48.0 Å². The van der Waals surface area contributed by atoms with Crippen LogP contribution in [-0.4, -0.2) is 77.0 Å². The largest absolute Gasteiger partial charge is 0.463 e. The molecule has 0 aromatic heterocycles. The monoisotopic (exact) mass is 552 g/mol. The topological polar surface area (TPSA) is 148 Å². The fourth-order valence-corrected chi connectivity index (χ4v) is 3.12. The summed E-state index contributed by atoms with van der Waals surface area (Å²) in [6.07, 6.45) is -0.174. The highest BCUT2D eigenvalue weighted by Gasteiger charge is 2.28. The molecule has 0 aliphatic carbocycles. The average molecular weight is 553 g/mol. The third-order valence-corrected chi connectivity index (χ3v) is 5.23. The third kappa shape index (κ3) is 14.2. The fourth-order valence-electron chi connectivity index (χ4n) is 3.12. The molecule has 218 valence electrons. The summed E-state index contributed by atoms with van der Waals surface area (Å²) in [5.41, 5.74) is 0.0226. The van der Waals surface area contributed by atoms with E-state index in [2.05, 4.69) is 17.2 Å². The van der Waals surface area contributed by atoms with Crippen LogP contribution in [0.1, 0.15) is 45.7 Å². The van der Waals surface area contributed by atoms with Crippen molar-refractivity contribution in [3.63, 3.8) is 0 Å². The second kappa shape index (κ2) is 17.0. The molecule has 0 spiro atoms. The molecule has 1 aromatic carbocycles. The van der Waals surface area contributed by atoms with Crippen molar-refractivity contribution in [2.45, 2.75) is 45.7 Å². The number of carbonyl (C=O) groups excluding carboxylic acids is 4. The minimum atomic E-state index is -0.785. The lowest BCUT2D eigenvalue weighted by atomic mass is 9.87. The van der Waals surface area contributed by atoms with Crippen LogP contribution in [0, 0.1) is 0 Å². The SMILES string of the molecule is C=CC(=O)OCCOCCOC(=O)NC(C)(C)c1cccc(C(C)(C)NC(=O)OCCOCCOC(C)=O)c1. The molecule has 12 nitrogen and oxygen atoms in total. The van der Waals surface area contributed by atoms with Crippen molar-refractivity contribution in [3.8, 4) is 0 Å². The molecule has 39 heavy (non-hydrogen) atoms. The molecule has 0 radical (unpaired) electrons. The number of nitrogens with one attached hydrogen (secondary N) is 2. The summed E-state index contributed by atoms with van der Waals surface area (Å²) in [5, 5.41) is 5.64. The van der Waals surface area contributed by atoms with Crippen LogP contribution >= 0.6 is 0 Å². The van der Waals surface area contributed by atoms with Gasteiger partial charge >= 0.3 is 24.1 Å². The van der Waals surface area contributed by atoms with E-state index in [0.717, 1.165) is 17.2 Å². The van der Waals surface area contributed by atoms with E-state index in [0.29, 0.717) is 0 Å². The molecule has 2 N–H and O–H groups in total. The zero-order valence-corrected chi connectivity index (χ0v) is 23.3. The molecule has 0 saturated carbocycles. The van der Waals surface area contributed by atoms with Crippen LogP contribution < -0.4 is 10.6 Å². The summed E-state index contributed by atoms with van der Waals surface area (Å²) in [7, 11) is 0. The van der Waals surface area contributed by atoms with Crippen molar-refractivity contribution in [1.29, 1.82) is 0 Å². The molecule has 1 aromatic rings. The lowest BCUT2D eigenvalue weighted by molar-refractivity contribution is -0.142. The van der Waals surface area contributed by atoms with E-state index < -0.39 is 29.2 Å². The number of rotatable bonds is 17. The number of amides is 2. The standard InChI is InChI=1S/C27H40N2O10/c1-7-23(31)37-16-12-35-14-18-39-25(33)29-27(5,6)22-10-8-9-21(19-22)26(3,4)28-24(32)38-17-13-34-11-15-36-20(2)30/h7-10,19H,1,11-18H2,2-6H3,(H,28,32)(H,29,33). The molecular weight excluding hydrogens is 512 g/mol. The number of ether oxygens (including phenoxy) is 6. The van der Waals surface area contributed by atoms with Crippen LogP contribution in [0.4, 0.5) is 9.59 Å². The molecular formula is C27H40N2O10. The van der Waals surface area contributed by atoms with E-state index in [9.17, 15) is 19.2 Å². The molecule has 0 atom stereocenters. The number of benzene rings is 1. The molecule has 0 aliphatic heterocycles. The first kappa shape index (κ1) is 33.4. The zero-order valence-electron chi connectivity index (χ0n) is 23.3. The van der Waals surface area contributed by atoms with Gasteiger partial charge in [-0.1, -0.05) is 30.8 Å². The lowest BCUT2D eigenvalue weighted by Crippen LogP contribution is -2.43. The van der Waals surface area contributed by atoms with E-state index in [1.165, 1.54) is 6.92 Å². The Kier molecular flexibility index (Phi) is 14.6. The average Bonchev–Trinajstić information content (AvgIpc) is 2.86. The number of alkyl carbamates (subject to hydrolysis) is 2. The Balaban J connectivity index is 2.50. The van der Waals surface area contributed by atoms with E-state index in [1.54, 1.807) is 0 Å². The van der Waals surface area contributed by atoms with Crippen LogP contribution in [0.2, 0.25) is 0 Å². The summed E-state index contributed by atoms with van der Waals surface area (Å²) < 4.78 is 30.4. The molecule has 0 heterocycles. The third-order valence-electron chi connectivity index (χ3n) is 5.23. The van der Waals surface area contributed by atoms with Crippen LogP contribution in [-0.2, 0) is 49.1 Å². The molecule has 0 unspecified atom stereocenters. The number of hydrogen-bond donors (Lipinski definition) is 2. The maximum Gasteiger partial charge on any atom is 0.407 e. The summed E-state index contributed by atoms with van der Waals surface area (Å²) >= 11 is 0. The Morgan fingerprint density at radius 2 is 1.13 bits per heavy atom. The highest BCUT2D eigenvalue weighted by molar-refractivity contribution is 5.81. The van der Waals surface area contributed by atoms with Gasteiger partial charge in [0.25, 0.3) is 0 Å². The minimum absolute atomic E-state index is 0.0215. The second-order valence-corrected chi connectivity index (χ2v) is 9.29. The normalized spacial score (nSPS) is 11.2. The van der Waals surface area contributed by atoms with Crippen molar-refractivity contribution in [1.82, 2.24) is 10.6 Å². The van der Waals surface area contributed by atoms with E-state index in [1.807, 2.05) is 52.0 Å². The van der Waals surface area contributed by atoms with Gasteiger partial charge in [-0.25, -0.2) is 14.4 Å². The fraction of sp³-hybridized carbons (Fsp3) is 0.556. The number of hydrogen-bond acceptors (Lipinski definition) is 10. The van der Waals surface area contributed by atoms with Crippen molar-refractivity contribution < 1.29 is 47.6 Å². The molecule has 0 aliphatic rings. The minimum Gasteiger partial charge on any atom is -0.463 e. The van der Waals surface area contributed by atoms with E-state index in [4.69, 9.17) is 28.4 Å². The summed E-state index contributed by atoms with van der Waals surface area (Å²) in [6.45, 7) is 12.9. The van der Waals surface area contributed by atoms with E-state index >= 15 is 0 Å². The molecule has 2 amide bonds. The number of carbonyl (C=O) groups is 4. The maximum atomic E-state index is 12.3. The molecule has 0 bridgehead atoms. The Bertz CT molecular complexity index is 962. The van der Waals surface area contributed by atoms with Crippen LogP contribution in [0.15, 0.2) is 36.9 Å². The van der Waals surface area contributed by atoms with Gasteiger partial charge in [-0.15, -0.1) is 0 Å². The quantitative estimate of drug-likeness (QED) is 0.128. The highest BCUT2D eigenvalue weighted by Crippen LogP contribution is 2.27. The van der Waals surface area contributed by atoms with Gasteiger partial charge in [0, 0.05) is 13.0 Å². The second-order valence-electron chi connectivity index (χ2n) is 9.29. The lowest BCUT2D eigenvalue weighted by Gasteiger charge is -2.30. The first-order valence-electron chi connectivity index (χ1n) is 12.5. The summed E-state index contributed by atoms with van der Waals surface area (Å²) in [5.74, 6) is -0.917. The molecule has 12 heteroatoms. The molecule has 0 fully saturated rings. The first-order valence-corrected chi connectivity index (χ1v) is 12.5. The van der Waals surface area contributed by atoms with Crippen LogP contribution in [0.5, 0.6) is 0 Å². The molecule has 0 saturated heterocycles. The maximum absolute atomic E-state index is 12.3. The van der Waals surface area contributed by atoms with Gasteiger partial charge in [-0.05, 0) is 38.8 Å². The van der Waals surface area contributed by atoms with Crippen LogP contribution in [0.3, 0.4) is 0 Å². The van der Waals surface area contributed by atoms with Gasteiger partial charge in [0.2, 0.25) is 0 Å². The van der Waals surface area contributed by atoms with Crippen LogP contribution in [0.25, 0.3) is 0 Å². The zero-order chi connectivity index (χ0) is 29.3. The Morgan fingerprint density at radius 1 is 0.718 bits per heavy atom. The van der Waals surface area contributed by atoms with E-state index in [-0.39, 0.29) is 58.8 Å². The predicted molar refractivity (Wildman–Crippen MR) is 141 cm³/mol. The first-order chi connectivity index (χ1) is 18.4. The highest BCUT2D eigenvalue weighted by atomic mass is 16.6. The smallest absolute Gasteiger partial charge is 0.407 e. The Morgan fingerprint density at radius 3 is 1.54 bits per heavy atom. The van der Waals surface area contributed by atoms with Gasteiger partial charge in [0.1, 0.15) is 26.4 Å². The predicted octanol–water partition coefficient (Wildman–Crippen LogP) is 2.93. The summed E-state index contributed by atoms with van der Waals surface area (Å²) in [6, 6.07) is 7.43. The van der Waals surface area contributed by atoms with Crippen molar-refractivity contribution in [2.24, 2.45) is 0 Å². The summed E-state index contributed by atoms with van der Waals surface area (Å²) in [4.78, 5) is 46.2. The van der Waals surface area contributed by atoms with Gasteiger partial charge in [0.05, 0.1) is 37.5 Å². The van der Waals surface area contributed by atoms with Crippen molar-refractivity contribution in [2.75, 3.05) is 52.9 Å². The number of esters is 2. The van der Waals surface area contributed by atoms with Crippen molar-refractivity contribution >= 4 is 24.1 Å². The Labute approximate surface area is 229 Å². The molecule has 1 rings (SSSR count). The van der Waals surface area contributed by atoms with Gasteiger partial charge in [-0.2, -0.15) is 0 Å². The van der Waals surface area contributed by atoms with Gasteiger partial charge in [0.15, 0.2) is 0 Å².